The Morgan fingerprint density at radius 2 is 1.82 bits per heavy atom. The van der Waals surface area contributed by atoms with Crippen LogP contribution in [0.2, 0.25) is 0 Å². The summed E-state index contributed by atoms with van der Waals surface area (Å²) in [6, 6.07) is 6.96. The number of ether oxygens (including phenoxy) is 1. The third kappa shape index (κ3) is 2.88. The summed E-state index contributed by atoms with van der Waals surface area (Å²) in [5.41, 5.74) is 0. The predicted molar refractivity (Wildman–Crippen MR) is 61.0 cm³/mol. The number of aromatic nitrogens is 1. The van der Waals surface area contributed by atoms with Crippen LogP contribution in [0.5, 0.6) is 5.88 Å². The average molecular weight is 306 g/mol. The first kappa shape index (κ1) is 12.2. The lowest BCUT2D eigenvalue weighted by molar-refractivity contribution is -0.153. The summed E-state index contributed by atoms with van der Waals surface area (Å²) in [5, 5.41) is 1.31. The summed E-state index contributed by atoms with van der Waals surface area (Å²) in [6.07, 6.45) is -2.94. The van der Waals surface area contributed by atoms with Gasteiger partial charge in [-0.05, 0) is 22.0 Å². The summed E-state index contributed by atoms with van der Waals surface area (Å²) >= 11 is 3.28. The van der Waals surface area contributed by atoms with E-state index in [4.69, 9.17) is 0 Å². The molecule has 0 N–H and O–H groups in total. The first-order valence-electron chi connectivity index (χ1n) is 4.70. The fourth-order valence-corrected chi connectivity index (χ4v) is 1.85. The van der Waals surface area contributed by atoms with Crippen molar-refractivity contribution < 1.29 is 17.9 Å². The second kappa shape index (κ2) is 4.52. The molecular weight excluding hydrogens is 299 g/mol. The standard InChI is InChI=1S/C11H7BrF3NO/c12-9-5-16-10(17-6-11(13,14)15)8-4-2-1-3-7(8)9/h1-5H,6H2. The van der Waals surface area contributed by atoms with Crippen LogP contribution >= 0.6 is 15.9 Å². The molecule has 6 heteroatoms. The molecule has 2 aromatic rings. The normalized spacial score (nSPS) is 11.8. The summed E-state index contributed by atoms with van der Waals surface area (Å²) in [6.45, 7) is -1.34. The average Bonchev–Trinajstić information content (AvgIpc) is 2.27. The molecule has 0 radical (unpaired) electrons. The largest absolute Gasteiger partial charge is 0.468 e. The highest BCUT2D eigenvalue weighted by atomic mass is 79.9. The van der Waals surface area contributed by atoms with Gasteiger partial charge in [0.2, 0.25) is 5.88 Å². The summed E-state index contributed by atoms with van der Waals surface area (Å²) in [4.78, 5) is 3.84. The molecule has 0 bridgehead atoms. The van der Waals surface area contributed by atoms with Gasteiger partial charge in [0.05, 0.1) is 0 Å². The predicted octanol–water partition coefficient (Wildman–Crippen LogP) is 3.94. The van der Waals surface area contributed by atoms with Crippen molar-refractivity contribution in [3.8, 4) is 5.88 Å². The smallest absolute Gasteiger partial charge is 0.422 e. The van der Waals surface area contributed by atoms with Crippen LogP contribution in [0.1, 0.15) is 0 Å². The number of benzene rings is 1. The van der Waals surface area contributed by atoms with E-state index in [1.54, 1.807) is 24.3 Å². The molecule has 0 saturated carbocycles. The Hall–Kier alpha value is -1.30. The van der Waals surface area contributed by atoms with E-state index in [-0.39, 0.29) is 5.88 Å². The minimum absolute atomic E-state index is 0.0128. The van der Waals surface area contributed by atoms with Gasteiger partial charge >= 0.3 is 6.18 Å². The van der Waals surface area contributed by atoms with E-state index < -0.39 is 12.8 Å². The second-order valence-corrected chi connectivity index (χ2v) is 4.22. The molecule has 0 aliphatic heterocycles. The minimum atomic E-state index is -4.37. The Kier molecular flexibility index (Phi) is 3.24. The summed E-state index contributed by atoms with van der Waals surface area (Å²) in [5.74, 6) is -0.0128. The summed E-state index contributed by atoms with van der Waals surface area (Å²) in [7, 11) is 0. The Labute approximate surface area is 104 Å². The maximum atomic E-state index is 12.1. The molecule has 0 aliphatic rings. The lowest BCUT2D eigenvalue weighted by Crippen LogP contribution is -2.19. The molecule has 2 rings (SSSR count). The zero-order valence-electron chi connectivity index (χ0n) is 8.46. The Balaban J connectivity index is 2.38. The van der Waals surface area contributed by atoms with Gasteiger partial charge < -0.3 is 4.74 Å². The number of fused-ring (bicyclic) bond motifs is 1. The highest BCUT2D eigenvalue weighted by Gasteiger charge is 2.29. The molecule has 1 aromatic heterocycles. The van der Waals surface area contributed by atoms with Crippen LogP contribution in [0.15, 0.2) is 34.9 Å². The molecule has 0 fully saturated rings. The van der Waals surface area contributed by atoms with Crippen LogP contribution in [-0.4, -0.2) is 17.8 Å². The van der Waals surface area contributed by atoms with Gasteiger partial charge in [0.25, 0.3) is 0 Å². The highest BCUT2D eigenvalue weighted by molar-refractivity contribution is 9.10. The summed E-state index contributed by atoms with van der Waals surface area (Å²) < 4.78 is 41.6. The van der Waals surface area contributed by atoms with Crippen LogP contribution in [0.3, 0.4) is 0 Å². The van der Waals surface area contributed by atoms with E-state index in [1.807, 2.05) is 0 Å². The van der Waals surface area contributed by atoms with Crippen LogP contribution in [0, 0.1) is 0 Å². The molecule has 17 heavy (non-hydrogen) atoms. The van der Waals surface area contributed by atoms with E-state index in [2.05, 4.69) is 25.7 Å². The maximum Gasteiger partial charge on any atom is 0.422 e. The maximum absolute atomic E-state index is 12.1. The van der Waals surface area contributed by atoms with E-state index in [0.717, 1.165) is 5.39 Å². The van der Waals surface area contributed by atoms with Gasteiger partial charge in [0, 0.05) is 21.4 Å². The molecule has 1 heterocycles. The minimum Gasteiger partial charge on any atom is -0.468 e. The topological polar surface area (TPSA) is 22.1 Å². The SMILES string of the molecule is FC(F)(F)COc1ncc(Br)c2ccccc12. The van der Waals surface area contributed by atoms with Gasteiger partial charge in [-0.25, -0.2) is 4.98 Å². The molecule has 0 amide bonds. The van der Waals surface area contributed by atoms with Crippen LogP contribution in [0.25, 0.3) is 10.8 Å². The molecule has 90 valence electrons. The monoisotopic (exact) mass is 305 g/mol. The van der Waals surface area contributed by atoms with Crippen LogP contribution in [0.4, 0.5) is 13.2 Å². The van der Waals surface area contributed by atoms with Gasteiger partial charge in [0.15, 0.2) is 6.61 Å². The van der Waals surface area contributed by atoms with Gasteiger partial charge in [-0.15, -0.1) is 0 Å². The van der Waals surface area contributed by atoms with E-state index in [1.165, 1.54) is 6.20 Å². The van der Waals surface area contributed by atoms with Crippen molar-refractivity contribution in [2.75, 3.05) is 6.61 Å². The number of alkyl halides is 3. The van der Waals surface area contributed by atoms with Crippen molar-refractivity contribution in [1.29, 1.82) is 0 Å². The van der Waals surface area contributed by atoms with Crippen molar-refractivity contribution in [1.82, 2.24) is 4.98 Å². The zero-order valence-corrected chi connectivity index (χ0v) is 10.0. The fourth-order valence-electron chi connectivity index (χ4n) is 1.40. The molecular formula is C11H7BrF3NO. The lowest BCUT2D eigenvalue weighted by atomic mass is 10.2. The molecule has 2 nitrogen and oxygen atoms in total. The third-order valence-corrected chi connectivity index (χ3v) is 2.71. The van der Waals surface area contributed by atoms with Crippen molar-refractivity contribution in [2.24, 2.45) is 0 Å². The molecule has 0 unspecified atom stereocenters. The molecule has 0 atom stereocenters. The van der Waals surface area contributed by atoms with E-state index in [9.17, 15) is 13.2 Å². The first-order valence-corrected chi connectivity index (χ1v) is 5.49. The molecule has 0 spiro atoms. The Morgan fingerprint density at radius 3 is 2.47 bits per heavy atom. The highest BCUT2D eigenvalue weighted by Crippen LogP contribution is 2.30. The number of nitrogens with zero attached hydrogens (tertiary/aromatic N) is 1. The molecule has 0 saturated heterocycles. The van der Waals surface area contributed by atoms with Crippen molar-refractivity contribution in [2.45, 2.75) is 6.18 Å². The number of hydrogen-bond donors (Lipinski definition) is 0. The second-order valence-electron chi connectivity index (χ2n) is 3.36. The van der Waals surface area contributed by atoms with E-state index in [0.29, 0.717) is 9.86 Å². The van der Waals surface area contributed by atoms with E-state index >= 15 is 0 Å². The van der Waals surface area contributed by atoms with Crippen LogP contribution in [-0.2, 0) is 0 Å². The van der Waals surface area contributed by atoms with Crippen LogP contribution < -0.4 is 4.74 Å². The zero-order chi connectivity index (χ0) is 12.5. The van der Waals surface area contributed by atoms with Crippen molar-refractivity contribution in [3.63, 3.8) is 0 Å². The van der Waals surface area contributed by atoms with Gasteiger partial charge in [-0.1, -0.05) is 18.2 Å². The molecule has 0 aliphatic carbocycles. The number of hydrogen-bond acceptors (Lipinski definition) is 2. The number of pyridine rings is 1. The fraction of sp³-hybridized carbons (Fsp3) is 0.182. The first-order chi connectivity index (χ1) is 7.97. The van der Waals surface area contributed by atoms with Gasteiger partial charge in [0.1, 0.15) is 0 Å². The third-order valence-electron chi connectivity index (χ3n) is 2.08. The van der Waals surface area contributed by atoms with Gasteiger partial charge in [-0.2, -0.15) is 13.2 Å². The van der Waals surface area contributed by atoms with Gasteiger partial charge in [-0.3, -0.25) is 0 Å². The number of halogens is 4. The van der Waals surface area contributed by atoms with Crippen molar-refractivity contribution >= 4 is 26.7 Å². The Bertz CT molecular complexity index is 542. The molecule has 1 aromatic carbocycles. The lowest BCUT2D eigenvalue weighted by Gasteiger charge is -2.10. The van der Waals surface area contributed by atoms with Crippen molar-refractivity contribution in [3.05, 3.63) is 34.9 Å². The number of rotatable bonds is 2. The quantitative estimate of drug-likeness (QED) is 0.838. The Morgan fingerprint density at radius 1 is 1.18 bits per heavy atom.